The number of nitrogens with zero attached hydrogens (tertiary/aromatic N) is 7. The van der Waals surface area contributed by atoms with E-state index in [0.29, 0.717) is 25.7 Å². The van der Waals surface area contributed by atoms with E-state index in [-0.39, 0.29) is 63.1 Å². The highest BCUT2D eigenvalue weighted by Crippen LogP contribution is 2.36. The number of carboxylic acid groups (broad SMARTS) is 1. The molecular weight excluding hydrogens is 1450 g/mol. The first-order valence-corrected chi connectivity index (χ1v) is 36.6. The van der Waals surface area contributed by atoms with Crippen molar-refractivity contribution in [1.29, 1.82) is 0 Å². The molecule has 0 spiro atoms. The van der Waals surface area contributed by atoms with Crippen molar-refractivity contribution in [2.45, 2.75) is 101 Å². The first-order chi connectivity index (χ1) is 54.4. The number of carboxylic acids is 1. The smallest absolute Gasteiger partial charge is 0.394 e. The molecule has 4 saturated heterocycles. The number of pyridine rings is 4. The lowest BCUT2D eigenvalue weighted by molar-refractivity contribution is -0.147. The lowest BCUT2D eigenvalue weighted by atomic mass is 9.94. The molecule has 18 N–H and O–H groups in total. The summed E-state index contributed by atoms with van der Waals surface area (Å²) in [6.45, 7) is 2.70. The zero-order valence-corrected chi connectivity index (χ0v) is 63.1. The number of aliphatic carboxylic acids is 1. The molecule has 2 unspecified atom stereocenters. The number of carbonyl (C=O) groups excluding carboxylic acids is 11. The lowest BCUT2D eigenvalue weighted by Gasteiger charge is -2.35. The second-order valence-corrected chi connectivity index (χ2v) is 26.5. The van der Waals surface area contributed by atoms with Crippen LogP contribution in [0.5, 0.6) is 0 Å². The maximum absolute atomic E-state index is 12.8. The van der Waals surface area contributed by atoms with Gasteiger partial charge in [0.1, 0.15) is 0 Å². The molecule has 12 rings (SSSR count). The zero-order chi connectivity index (χ0) is 81.5. The summed E-state index contributed by atoms with van der Waals surface area (Å²) in [5.74, 6) is -9.63. The van der Waals surface area contributed by atoms with Crippen LogP contribution in [0.1, 0.15) is 165 Å². The molecule has 4 aliphatic heterocycles. The van der Waals surface area contributed by atoms with Gasteiger partial charge < -0.3 is 90.6 Å². The Labute approximate surface area is 652 Å². The summed E-state index contributed by atoms with van der Waals surface area (Å²) >= 11 is 0. The second-order valence-electron chi connectivity index (χ2n) is 26.5. The molecule has 0 radical (unpaired) electrons. The van der Waals surface area contributed by atoms with Crippen LogP contribution in [0.3, 0.4) is 0 Å². The van der Waals surface area contributed by atoms with E-state index in [1.54, 1.807) is 14.7 Å². The minimum atomic E-state index is -1.63. The zero-order valence-electron chi connectivity index (χ0n) is 63.1. The molecule has 4 aromatic heterocycles. The van der Waals surface area contributed by atoms with Crippen LogP contribution in [0.2, 0.25) is 0 Å². The van der Waals surface area contributed by atoms with Gasteiger partial charge in [-0.3, -0.25) is 72.7 Å². The molecule has 0 aliphatic carbocycles. The SMILES string of the molecule is CNc1cccc(C2CCCCN2)c1.CNc1cccc(C2CCCCN2C(=O)C(=O)Nc2cncc(C(N)=O)c2)c1.CNc1cccc([C@@H]2CCCCN2C(=O)C(=O)Nc2cncc(C(N)=O)c2)c1.CNc1cccc([C@H]2CCCCN2C(=O)C(=O)Nc2cncc(C(N)=O)c2)c1.NC(=O)c1cncc(NC(=O)C(=O)O)c1. The molecule has 113 heavy (non-hydrogen) atoms. The summed E-state index contributed by atoms with van der Waals surface area (Å²) < 4.78 is 0. The normalized spacial score (nSPS) is 16.1. The minimum absolute atomic E-state index is 0.0817. The Morgan fingerprint density at radius 3 is 0.885 bits per heavy atom. The van der Waals surface area contributed by atoms with Gasteiger partial charge >= 0.3 is 47.3 Å². The van der Waals surface area contributed by atoms with Gasteiger partial charge in [0, 0.05) is 101 Å². The molecule has 33 nitrogen and oxygen atoms in total. The van der Waals surface area contributed by atoms with Crippen LogP contribution in [0.15, 0.2) is 171 Å². The molecule has 4 aliphatic rings. The van der Waals surface area contributed by atoms with Gasteiger partial charge in [-0.25, -0.2) is 4.79 Å². The van der Waals surface area contributed by atoms with Crippen molar-refractivity contribution in [3.8, 4) is 0 Å². The van der Waals surface area contributed by atoms with Gasteiger partial charge in [-0.1, -0.05) is 55.0 Å². The average Bonchev–Trinajstić information content (AvgIpc) is 0.817. The van der Waals surface area contributed by atoms with E-state index in [1.807, 2.05) is 106 Å². The molecule has 0 saturated carbocycles. The van der Waals surface area contributed by atoms with Crippen molar-refractivity contribution >= 4 is 116 Å². The maximum atomic E-state index is 12.8. The van der Waals surface area contributed by atoms with Crippen molar-refractivity contribution in [2.75, 3.05) is 96.9 Å². The largest absolute Gasteiger partial charge is 0.474 e. The standard InChI is InChI=1S/3C20H23N5O3.C12H18N2.C8H7N3O4/c3*1-22-15-6-4-5-13(9-15)17-7-2-3-8-25(17)20(28)19(27)24-16-10-14(18(21)26)11-23-12-16;1-13-11-6-4-5-10(9-11)12-7-2-3-8-14-12;9-6(12)4-1-5(3-10-2-4)11-7(13)8(14)15/h3*4-6,9-12,17,22H,2-3,7-8H2,1H3,(H2,21,26)(H,24,27);4-6,9,12-14H,2-3,7-8H2,1H3;1-3H,(H2,9,12)(H,11,13)(H,14,15)/t2*17-;;;/m10.../s1. The number of piperidine rings is 4. The Hall–Kier alpha value is -13.7. The van der Waals surface area contributed by atoms with Gasteiger partial charge in [-0.05, 0) is 172 Å². The number of aromatic nitrogens is 4. The number of nitrogens with two attached hydrogens (primary N) is 4. The van der Waals surface area contributed by atoms with Crippen molar-refractivity contribution in [2.24, 2.45) is 22.9 Å². The third-order valence-corrected chi connectivity index (χ3v) is 18.8. The molecule has 8 heterocycles. The van der Waals surface area contributed by atoms with Gasteiger partial charge in [0.2, 0.25) is 23.6 Å². The summed E-state index contributed by atoms with van der Waals surface area (Å²) in [5, 5.41) is 33.9. The summed E-state index contributed by atoms with van der Waals surface area (Å²) in [4.78, 5) is 162. The summed E-state index contributed by atoms with van der Waals surface area (Å²) in [6, 6.07) is 37.7. The van der Waals surface area contributed by atoms with Gasteiger partial charge in [-0.2, -0.15) is 0 Å². The number of hydrogen-bond donors (Lipinski definition) is 14. The molecule has 4 fully saturated rings. The third kappa shape index (κ3) is 24.9. The number of hydrogen-bond acceptors (Lipinski definition) is 21. The van der Waals surface area contributed by atoms with Crippen molar-refractivity contribution in [3.63, 3.8) is 0 Å². The van der Waals surface area contributed by atoms with Crippen LogP contribution in [0.25, 0.3) is 0 Å². The van der Waals surface area contributed by atoms with Crippen molar-refractivity contribution in [3.05, 3.63) is 215 Å². The van der Waals surface area contributed by atoms with Crippen LogP contribution in [-0.2, 0) is 38.4 Å². The number of carbonyl (C=O) groups is 12. The highest BCUT2D eigenvalue weighted by atomic mass is 16.4. The Bertz CT molecular complexity index is 4380. The molecule has 4 atom stereocenters. The third-order valence-electron chi connectivity index (χ3n) is 18.8. The van der Waals surface area contributed by atoms with E-state index >= 15 is 0 Å². The van der Waals surface area contributed by atoms with E-state index in [0.717, 1.165) is 98.1 Å². The van der Waals surface area contributed by atoms with Crippen molar-refractivity contribution < 1.29 is 62.6 Å². The number of primary amides is 4. The van der Waals surface area contributed by atoms with E-state index in [2.05, 4.69) is 86.7 Å². The molecule has 0 bridgehead atoms. The fraction of sp³-hybridized carbons (Fsp3) is 0.300. The Kier molecular flexibility index (Phi) is 31.8. The number of nitrogens with one attached hydrogen (secondary N) is 9. The quantitative estimate of drug-likeness (QED) is 0.0416. The maximum Gasteiger partial charge on any atom is 0.394 e. The van der Waals surface area contributed by atoms with Crippen LogP contribution >= 0.6 is 0 Å². The number of amides is 11. The number of likely N-dealkylation sites (tertiary alicyclic amines) is 3. The summed E-state index contributed by atoms with van der Waals surface area (Å²) in [5.41, 5.74) is 30.5. The first kappa shape index (κ1) is 84.9. The van der Waals surface area contributed by atoms with Crippen LogP contribution < -0.4 is 70.8 Å². The molecule has 11 amide bonds. The van der Waals surface area contributed by atoms with Gasteiger partial charge in [0.15, 0.2) is 0 Å². The number of rotatable bonds is 16. The van der Waals surface area contributed by atoms with Gasteiger partial charge in [0.05, 0.1) is 87.9 Å². The second kappa shape index (κ2) is 42.3. The van der Waals surface area contributed by atoms with E-state index < -0.39 is 70.9 Å². The van der Waals surface area contributed by atoms with Crippen LogP contribution in [0, 0.1) is 0 Å². The number of benzene rings is 4. The monoisotopic (exact) mass is 1540 g/mol. The lowest BCUT2D eigenvalue weighted by Crippen LogP contribution is -2.44. The van der Waals surface area contributed by atoms with E-state index in [4.69, 9.17) is 28.0 Å². The summed E-state index contributed by atoms with van der Waals surface area (Å²) in [7, 11) is 7.48. The highest BCUT2D eigenvalue weighted by Gasteiger charge is 2.35. The van der Waals surface area contributed by atoms with Gasteiger partial charge in [0.25, 0.3) is 0 Å². The molecule has 4 aromatic carbocycles. The van der Waals surface area contributed by atoms with Crippen molar-refractivity contribution in [1.82, 2.24) is 40.0 Å². The molecule has 33 heteroatoms. The van der Waals surface area contributed by atoms with E-state index in [1.165, 1.54) is 104 Å². The Balaban J connectivity index is 0.000000182. The minimum Gasteiger partial charge on any atom is -0.474 e. The fourth-order valence-corrected chi connectivity index (χ4v) is 13.0. The fourth-order valence-electron chi connectivity index (χ4n) is 13.0. The highest BCUT2D eigenvalue weighted by molar-refractivity contribution is 6.41. The van der Waals surface area contributed by atoms with Crippen LogP contribution in [-0.4, -0.2) is 165 Å². The summed E-state index contributed by atoms with van der Waals surface area (Å²) in [6.07, 6.45) is 22.2. The first-order valence-electron chi connectivity index (χ1n) is 36.6. The molecular formula is C80H94N20O13. The molecule has 8 aromatic rings. The van der Waals surface area contributed by atoms with E-state index in [9.17, 15) is 57.5 Å². The predicted molar refractivity (Wildman–Crippen MR) is 427 cm³/mol. The topological polar surface area (TPSA) is 499 Å². The Morgan fingerprint density at radius 1 is 0.345 bits per heavy atom. The number of anilines is 8. The van der Waals surface area contributed by atoms with Gasteiger partial charge in [-0.15, -0.1) is 0 Å². The predicted octanol–water partition coefficient (Wildman–Crippen LogP) is 7.49. The molecule has 592 valence electrons. The van der Waals surface area contributed by atoms with Crippen LogP contribution in [0.4, 0.5) is 45.5 Å². The Morgan fingerprint density at radius 2 is 0.619 bits per heavy atom. The average molecular weight is 1540 g/mol.